The van der Waals surface area contributed by atoms with Gasteiger partial charge < -0.3 is 4.90 Å². The Morgan fingerprint density at radius 1 is 1.45 bits per heavy atom. The van der Waals surface area contributed by atoms with Crippen LogP contribution in [0, 0.1) is 0 Å². The minimum Gasteiger partial charge on any atom is -0.363 e. The molecule has 11 heavy (non-hydrogen) atoms. The molecule has 0 amide bonds. The highest BCUT2D eigenvalue weighted by atomic mass is 35.5. The maximum absolute atomic E-state index is 5.59. The van der Waals surface area contributed by atoms with Crippen LogP contribution in [-0.4, -0.2) is 24.1 Å². The van der Waals surface area contributed by atoms with Crippen LogP contribution in [0.1, 0.15) is 5.69 Å². The Hall–Kier alpha value is -0.830. The van der Waals surface area contributed by atoms with E-state index < -0.39 is 0 Å². The van der Waals surface area contributed by atoms with Gasteiger partial charge >= 0.3 is 0 Å². The standard InChI is InChI=1S/C7H10ClN3/c1-11(2)7-3-6(4-8)9-5-10-7/h3,5H,4H2,1-2H3. The zero-order chi connectivity index (χ0) is 8.27. The van der Waals surface area contributed by atoms with Gasteiger partial charge in [0.2, 0.25) is 0 Å². The second-order valence-corrected chi connectivity index (χ2v) is 2.66. The first-order valence-corrected chi connectivity index (χ1v) is 3.81. The third kappa shape index (κ3) is 2.05. The third-order valence-electron chi connectivity index (χ3n) is 1.30. The van der Waals surface area contributed by atoms with Crippen LogP contribution >= 0.6 is 11.6 Å². The molecule has 0 aliphatic rings. The van der Waals surface area contributed by atoms with Crippen molar-refractivity contribution < 1.29 is 0 Å². The van der Waals surface area contributed by atoms with Gasteiger partial charge in [-0.1, -0.05) is 0 Å². The van der Waals surface area contributed by atoms with Crippen molar-refractivity contribution in [1.29, 1.82) is 0 Å². The summed E-state index contributed by atoms with van der Waals surface area (Å²) < 4.78 is 0. The maximum atomic E-state index is 5.59. The summed E-state index contributed by atoms with van der Waals surface area (Å²) in [5, 5.41) is 0. The SMILES string of the molecule is CN(C)c1cc(CCl)ncn1. The Bertz CT molecular complexity index is 237. The Morgan fingerprint density at radius 2 is 2.18 bits per heavy atom. The molecule has 4 heteroatoms. The lowest BCUT2D eigenvalue weighted by atomic mass is 10.4. The first-order chi connectivity index (χ1) is 5.24. The summed E-state index contributed by atoms with van der Waals surface area (Å²) in [6, 6.07) is 1.87. The summed E-state index contributed by atoms with van der Waals surface area (Å²) in [4.78, 5) is 9.93. The largest absolute Gasteiger partial charge is 0.363 e. The molecule has 0 spiro atoms. The average Bonchev–Trinajstić information content (AvgIpc) is 2.05. The first-order valence-electron chi connectivity index (χ1n) is 3.28. The van der Waals surface area contributed by atoms with Gasteiger partial charge in [-0.15, -0.1) is 11.6 Å². The monoisotopic (exact) mass is 171 g/mol. The molecule has 0 fully saturated rings. The summed E-state index contributed by atoms with van der Waals surface area (Å²) in [5.74, 6) is 1.32. The van der Waals surface area contributed by atoms with Crippen molar-refractivity contribution in [3.63, 3.8) is 0 Å². The fourth-order valence-corrected chi connectivity index (χ4v) is 0.850. The van der Waals surface area contributed by atoms with Crippen LogP contribution in [0.2, 0.25) is 0 Å². The molecule has 1 aromatic rings. The van der Waals surface area contributed by atoms with E-state index >= 15 is 0 Å². The zero-order valence-electron chi connectivity index (χ0n) is 6.58. The van der Waals surface area contributed by atoms with Gasteiger partial charge in [-0.05, 0) is 0 Å². The Balaban J connectivity index is 2.91. The molecule has 0 aliphatic heterocycles. The molecule has 0 N–H and O–H groups in total. The molecule has 1 rings (SSSR count). The Kier molecular flexibility index (Phi) is 2.65. The molecule has 0 aromatic carbocycles. The summed E-state index contributed by atoms with van der Waals surface area (Å²) in [6.07, 6.45) is 1.52. The van der Waals surface area contributed by atoms with Crippen LogP contribution in [0.3, 0.4) is 0 Å². The van der Waals surface area contributed by atoms with Crippen molar-refractivity contribution >= 4 is 17.4 Å². The van der Waals surface area contributed by atoms with Crippen molar-refractivity contribution in [3.8, 4) is 0 Å². The van der Waals surface area contributed by atoms with Crippen molar-refractivity contribution in [2.45, 2.75) is 5.88 Å². The van der Waals surface area contributed by atoms with Crippen LogP contribution in [-0.2, 0) is 5.88 Å². The van der Waals surface area contributed by atoms with Gasteiger partial charge in [0.15, 0.2) is 0 Å². The second kappa shape index (κ2) is 3.53. The van der Waals surface area contributed by atoms with Gasteiger partial charge in [-0.25, -0.2) is 9.97 Å². The molecule has 60 valence electrons. The molecule has 0 bridgehead atoms. The summed E-state index contributed by atoms with van der Waals surface area (Å²) in [7, 11) is 3.86. The smallest absolute Gasteiger partial charge is 0.131 e. The van der Waals surface area contributed by atoms with Crippen molar-refractivity contribution in [1.82, 2.24) is 9.97 Å². The zero-order valence-corrected chi connectivity index (χ0v) is 7.34. The van der Waals surface area contributed by atoms with Gasteiger partial charge in [0.1, 0.15) is 12.1 Å². The lowest BCUT2D eigenvalue weighted by Gasteiger charge is -2.10. The minimum absolute atomic E-state index is 0.434. The number of anilines is 1. The molecule has 0 saturated heterocycles. The third-order valence-corrected chi connectivity index (χ3v) is 1.58. The van der Waals surface area contributed by atoms with E-state index in [1.54, 1.807) is 0 Å². The van der Waals surface area contributed by atoms with Gasteiger partial charge in [-0.2, -0.15) is 0 Å². The lowest BCUT2D eigenvalue weighted by molar-refractivity contribution is 1.01. The van der Waals surface area contributed by atoms with E-state index in [1.807, 2.05) is 25.1 Å². The molecule has 1 aromatic heterocycles. The summed E-state index contributed by atoms with van der Waals surface area (Å²) in [6.45, 7) is 0. The fraction of sp³-hybridized carbons (Fsp3) is 0.429. The summed E-state index contributed by atoms with van der Waals surface area (Å²) >= 11 is 5.59. The molecule has 0 aliphatic carbocycles. The topological polar surface area (TPSA) is 29.0 Å². The molecular formula is C7H10ClN3. The molecule has 0 radical (unpaired) electrons. The van der Waals surface area contributed by atoms with Crippen LogP contribution in [0.5, 0.6) is 0 Å². The van der Waals surface area contributed by atoms with Crippen LogP contribution in [0.15, 0.2) is 12.4 Å². The second-order valence-electron chi connectivity index (χ2n) is 2.40. The van der Waals surface area contributed by atoms with Gasteiger partial charge in [0.05, 0.1) is 11.6 Å². The average molecular weight is 172 g/mol. The van der Waals surface area contributed by atoms with Gasteiger partial charge in [0.25, 0.3) is 0 Å². The Morgan fingerprint density at radius 3 is 2.73 bits per heavy atom. The summed E-state index contributed by atoms with van der Waals surface area (Å²) in [5.41, 5.74) is 0.852. The van der Waals surface area contributed by atoms with Gasteiger partial charge in [0, 0.05) is 20.2 Å². The minimum atomic E-state index is 0.434. The number of hydrogen-bond acceptors (Lipinski definition) is 3. The number of rotatable bonds is 2. The van der Waals surface area contributed by atoms with E-state index in [0.29, 0.717) is 5.88 Å². The van der Waals surface area contributed by atoms with Crippen LogP contribution in [0.4, 0.5) is 5.82 Å². The quantitative estimate of drug-likeness (QED) is 0.628. The molecular weight excluding hydrogens is 162 g/mol. The van der Waals surface area contributed by atoms with Crippen molar-refractivity contribution in [2.75, 3.05) is 19.0 Å². The van der Waals surface area contributed by atoms with Crippen molar-refractivity contribution in [2.24, 2.45) is 0 Å². The molecule has 0 atom stereocenters. The van der Waals surface area contributed by atoms with Gasteiger partial charge in [-0.3, -0.25) is 0 Å². The number of alkyl halides is 1. The Labute approximate surface area is 71.0 Å². The molecule has 0 unspecified atom stereocenters. The number of hydrogen-bond donors (Lipinski definition) is 0. The number of aromatic nitrogens is 2. The normalized spacial score (nSPS) is 9.73. The lowest BCUT2D eigenvalue weighted by Crippen LogP contribution is -2.11. The maximum Gasteiger partial charge on any atom is 0.131 e. The van der Waals surface area contributed by atoms with Crippen LogP contribution < -0.4 is 4.90 Å². The van der Waals surface area contributed by atoms with Crippen molar-refractivity contribution in [3.05, 3.63) is 18.1 Å². The van der Waals surface area contributed by atoms with E-state index in [1.165, 1.54) is 6.33 Å². The fourth-order valence-electron chi connectivity index (χ4n) is 0.703. The van der Waals surface area contributed by atoms with E-state index in [4.69, 9.17) is 11.6 Å². The first kappa shape index (κ1) is 8.27. The predicted molar refractivity (Wildman–Crippen MR) is 45.9 cm³/mol. The van der Waals surface area contributed by atoms with E-state index in [-0.39, 0.29) is 0 Å². The van der Waals surface area contributed by atoms with E-state index in [2.05, 4.69) is 9.97 Å². The molecule has 0 saturated carbocycles. The van der Waals surface area contributed by atoms with E-state index in [9.17, 15) is 0 Å². The highest BCUT2D eigenvalue weighted by Crippen LogP contribution is 2.08. The van der Waals surface area contributed by atoms with Crippen LogP contribution in [0.25, 0.3) is 0 Å². The highest BCUT2D eigenvalue weighted by molar-refractivity contribution is 6.16. The predicted octanol–water partition coefficient (Wildman–Crippen LogP) is 1.28. The van der Waals surface area contributed by atoms with E-state index in [0.717, 1.165) is 11.5 Å². The number of nitrogens with zero attached hydrogens (tertiary/aromatic N) is 3. The molecule has 3 nitrogen and oxygen atoms in total. The number of halogens is 1. The highest BCUT2D eigenvalue weighted by Gasteiger charge is 1.97. The molecule has 1 heterocycles.